The Kier molecular flexibility index (Phi) is 5.99. The normalized spacial score (nSPS) is 18.6. The smallest absolute Gasteiger partial charge is 0.293 e. The van der Waals surface area contributed by atoms with Crippen molar-refractivity contribution in [1.29, 1.82) is 0 Å². The summed E-state index contributed by atoms with van der Waals surface area (Å²) in [6.07, 6.45) is 6.72. The van der Waals surface area contributed by atoms with Crippen LogP contribution in [-0.2, 0) is 0 Å². The Morgan fingerprint density at radius 1 is 1.11 bits per heavy atom. The summed E-state index contributed by atoms with van der Waals surface area (Å²) in [6, 6.07) is 0. The maximum Gasteiger partial charge on any atom is 0.293 e. The molecular formula is C12H23B3N3. The van der Waals surface area contributed by atoms with Crippen molar-refractivity contribution in [2.45, 2.75) is 19.1 Å². The largest absolute Gasteiger partial charge is 0.363 e. The maximum atomic E-state index is 4.13. The molecule has 1 aliphatic rings. The van der Waals surface area contributed by atoms with Gasteiger partial charge in [0.1, 0.15) is 0 Å². The summed E-state index contributed by atoms with van der Waals surface area (Å²) in [5.74, 6) is 0. The second-order valence-corrected chi connectivity index (χ2v) is 5.04. The van der Waals surface area contributed by atoms with Crippen LogP contribution < -0.4 is 0 Å². The van der Waals surface area contributed by atoms with Crippen molar-refractivity contribution in [3.05, 3.63) is 37.5 Å². The van der Waals surface area contributed by atoms with Crippen LogP contribution in [0.5, 0.6) is 0 Å². The Morgan fingerprint density at radius 2 is 1.72 bits per heavy atom. The predicted molar refractivity (Wildman–Crippen MR) is 84.3 cm³/mol. The van der Waals surface area contributed by atoms with E-state index in [1.54, 1.807) is 0 Å². The second-order valence-electron chi connectivity index (χ2n) is 5.04. The summed E-state index contributed by atoms with van der Waals surface area (Å²) < 4.78 is 6.86. The van der Waals surface area contributed by atoms with Gasteiger partial charge in [-0.2, -0.15) is 0 Å². The first-order valence-corrected chi connectivity index (χ1v) is 6.40. The highest BCUT2D eigenvalue weighted by atomic mass is 15.3. The fourth-order valence-corrected chi connectivity index (χ4v) is 2.53. The number of allylic oxidation sites excluding steroid dienone is 3. The summed E-state index contributed by atoms with van der Waals surface area (Å²) in [6.45, 7) is 12.5. The highest BCUT2D eigenvalue weighted by Crippen LogP contribution is 2.19. The molecular weight excluding hydrogens is 219 g/mol. The van der Waals surface area contributed by atoms with E-state index in [0.29, 0.717) is 14.0 Å². The van der Waals surface area contributed by atoms with Crippen molar-refractivity contribution in [1.82, 2.24) is 14.2 Å². The molecule has 0 saturated carbocycles. The SMILES string of the molecule is C=CCB1N(C)[B]N(C)B(CC(=C)CC=C)N1C. The third-order valence-corrected chi connectivity index (χ3v) is 3.53. The zero-order valence-electron chi connectivity index (χ0n) is 12.0. The van der Waals surface area contributed by atoms with Gasteiger partial charge in [0, 0.05) is 0 Å². The van der Waals surface area contributed by atoms with Gasteiger partial charge in [0.25, 0.3) is 21.5 Å². The summed E-state index contributed by atoms with van der Waals surface area (Å²) in [4.78, 5) is 0. The molecule has 18 heavy (non-hydrogen) atoms. The zero-order chi connectivity index (χ0) is 13.7. The molecule has 0 aromatic carbocycles. The van der Waals surface area contributed by atoms with Gasteiger partial charge in [0.2, 0.25) is 0 Å². The monoisotopic (exact) mass is 242 g/mol. The van der Waals surface area contributed by atoms with E-state index in [9.17, 15) is 0 Å². The molecule has 1 rings (SSSR count). The van der Waals surface area contributed by atoms with Crippen LogP contribution in [0.1, 0.15) is 6.42 Å². The van der Waals surface area contributed by atoms with Gasteiger partial charge in [-0.3, -0.25) is 0 Å². The molecule has 1 heterocycles. The van der Waals surface area contributed by atoms with Gasteiger partial charge < -0.3 is 14.2 Å². The van der Waals surface area contributed by atoms with Crippen LogP contribution in [0.4, 0.5) is 0 Å². The minimum atomic E-state index is 0.360. The number of nitrogens with zero attached hydrogens (tertiary/aromatic N) is 3. The van der Waals surface area contributed by atoms with E-state index in [2.05, 4.69) is 62.6 Å². The molecule has 95 valence electrons. The van der Waals surface area contributed by atoms with Crippen LogP contribution in [-0.4, -0.2) is 56.8 Å². The highest BCUT2D eigenvalue weighted by molar-refractivity contribution is 6.81. The first-order chi connectivity index (χ1) is 8.51. The molecule has 0 aliphatic carbocycles. The van der Waals surface area contributed by atoms with Crippen molar-refractivity contribution in [2.75, 3.05) is 21.1 Å². The zero-order valence-corrected chi connectivity index (χ0v) is 12.0. The van der Waals surface area contributed by atoms with E-state index in [0.717, 1.165) is 19.1 Å². The quantitative estimate of drug-likeness (QED) is 0.517. The average molecular weight is 242 g/mol. The third kappa shape index (κ3) is 3.64. The lowest BCUT2D eigenvalue weighted by molar-refractivity contribution is 0.552. The molecule has 0 atom stereocenters. The van der Waals surface area contributed by atoms with Crippen molar-refractivity contribution in [2.24, 2.45) is 0 Å². The van der Waals surface area contributed by atoms with Gasteiger partial charge in [-0.25, -0.2) is 0 Å². The molecule has 6 heteroatoms. The molecule has 0 aromatic heterocycles. The Balaban J connectivity index is 2.72. The highest BCUT2D eigenvalue weighted by Gasteiger charge is 2.40. The topological polar surface area (TPSA) is 9.72 Å². The van der Waals surface area contributed by atoms with Crippen LogP contribution in [0.3, 0.4) is 0 Å². The van der Waals surface area contributed by atoms with Gasteiger partial charge in [0.15, 0.2) is 0 Å². The van der Waals surface area contributed by atoms with Gasteiger partial charge >= 0.3 is 0 Å². The number of hydrogen-bond donors (Lipinski definition) is 0. The molecule has 0 amide bonds. The Bertz CT molecular complexity index is 322. The first kappa shape index (κ1) is 15.4. The van der Waals surface area contributed by atoms with E-state index in [1.165, 1.54) is 5.57 Å². The number of rotatable bonds is 6. The Hall–Kier alpha value is -0.705. The number of hydrogen-bond acceptors (Lipinski definition) is 3. The van der Waals surface area contributed by atoms with Crippen molar-refractivity contribution >= 4 is 21.5 Å². The summed E-state index contributed by atoms with van der Waals surface area (Å²) in [7, 11) is 8.55. The molecule has 3 nitrogen and oxygen atoms in total. The lowest BCUT2D eigenvalue weighted by atomic mass is 9.47. The van der Waals surface area contributed by atoms with Crippen molar-refractivity contribution in [3.8, 4) is 0 Å². The van der Waals surface area contributed by atoms with Gasteiger partial charge in [-0.15, -0.1) is 19.7 Å². The molecule has 1 saturated heterocycles. The van der Waals surface area contributed by atoms with E-state index in [4.69, 9.17) is 0 Å². The first-order valence-electron chi connectivity index (χ1n) is 6.40. The van der Waals surface area contributed by atoms with Gasteiger partial charge in [-0.05, 0) is 40.2 Å². The van der Waals surface area contributed by atoms with Crippen LogP contribution in [0.2, 0.25) is 12.6 Å². The fourth-order valence-electron chi connectivity index (χ4n) is 2.53. The van der Waals surface area contributed by atoms with E-state index < -0.39 is 0 Å². The predicted octanol–water partition coefficient (Wildman–Crippen LogP) is 1.62. The van der Waals surface area contributed by atoms with Crippen LogP contribution in [0.25, 0.3) is 0 Å². The van der Waals surface area contributed by atoms with Crippen LogP contribution in [0, 0.1) is 0 Å². The molecule has 1 radical (unpaired) electrons. The molecule has 1 fully saturated rings. The minimum Gasteiger partial charge on any atom is -0.363 e. The maximum absolute atomic E-state index is 4.13. The molecule has 0 bridgehead atoms. The standard InChI is InChI=1S/C12H23B3N3/c1-7-9-12(3)11-15-17(5)13-16(4)14(10-8-2)18(15)6/h7-8H,1-3,9-11H2,4-6H3. The molecule has 0 aromatic rings. The summed E-state index contributed by atoms with van der Waals surface area (Å²) >= 11 is 0. The van der Waals surface area contributed by atoms with Crippen LogP contribution >= 0.6 is 0 Å². The van der Waals surface area contributed by atoms with Gasteiger partial charge in [0.05, 0.1) is 0 Å². The fraction of sp³-hybridized carbons (Fsp3) is 0.500. The second kappa shape index (κ2) is 7.02. The minimum absolute atomic E-state index is 0.360. The molecule has 0 unspecified atom stereocenters. The molecule has 0 spiro atoms. The van der Waals surface area contributed by atoms with E-state index in [1.807, 2.05) is 12.2 Å². The van der Waals surface area contributed by atoms with Crippen molar-refractivity contribution in [3.63, 3.8) is 0 Å². The Labute approximate surface area is 114 Å². The summed E-state index contributed by atoms with van der Waals surface area (Å²) in [5.41, 5.74) is 1.23. The molecule has 1 aliphatic heterocycles. The lowest BCUT2D eigenvalue weighted by Gasteiger charge is -2.46. The Morgan fingerprint density at radius 3 is 2.28 bits per heavy atom. The lowest BCUT2D eigenvalue weighted by Crippen LogP contribution is -2.69. The van der Waals surface area contributed by atoms with Crippen LogP contribution in [0.15, 0.2) is 37.5 Å². The summed E-state index contributed by atoms with van der Waals surface area (Å²) in [5, 5.41) is 0. The van der Waals surface area contributed by atoms with Crippen molar-refractivity contribution < 1.29 is 0 Å². The van der Waals surface area contributed by atoms with Gasteiger partial charge in [-0.1, -0.05) is 17.7 Å². The van der Waals surface area contributed by atoms with E-state index in [-0.39, 0.29) is 0 Å². The molecule has 0 N–H and O–H groups in total. The third-order valence-electron chi connectivity index (χ3n) is 3.53. The van der Waals surface area contributed by atoms with E-state index >= 15 is 0 Å². The average Bonchev–Trinajstić information content (AvgIpc) is 2.30.